The Bertz CT molecular complexity index is 166. The molecular formula is C7H12N2O. The highest BCUT2D eigenvalue weighted by Gasteiger charge is 1.82. The zero-order valence-corrected chi connectivity index (χ0v) is 6.00. The molecule has 0 amide bonds. The summed E-state index contributed by atoms with van der Waals surface area (Å²) in [5.41, 5.74) is 10.3. The molecule has 0 heterocycles. The molecular weight excluding hydrogens is 128 g/mol. The van der Waals surface area contributed by atoms with Crippen LogP contribution in [0.25, 0.3) is 0 Å². The first kappa shape index (κ1) is 8.62. The summed E-state index contributed by atoms with van der Waals surface area (Å²) in [7, 11) is 1.55. The third-order valence-corrected chi connectivity index (χ3v) is 0.877. The number of allylic oxidation sites excluding steroid dienone is 3. The van der Waals surface area contributed by atoms with Gasteiger partial charge in [-0.05, 0) is 18.2 Å². The van der Waals surface area contributed by atoms with Gasteiger partial charge in [-0.15, -0.1) is 0 Å². The third kappa shape index (κ3) is 3.60. The second kappa shape index (κ2) is 4.49. The van der Waals surface area contributed by atoms with E-state index in [-0.39, 0.29) is 5.82 Å². The van der Waals surface area contributed by atoms with Crippen LogP contribution in [0.3, 0.4) is 0 Å². The van der Waals surface area contributed by atoms with Gasteiger partial charge >= 0.3 is 0 Å². The van der Waals surface area contributed by atoms with Crippen molar-refractivity contribution in [2.75, 3.05) is 7.11 Å². The molecule has 3 nitrogen and oxygen atoms in total. The normalized spacial score (nSPS) is 10.3. The van der Waals surface area contributed by atoms with E-state index >= 15 is 0 Å². The van der Waals surface area contributed by atoms with Gasteiger partial charge in [-0.25, -0.2) is 0 Å². The van der Waals surface area contributed by atoms with Crippen molar-refractivity contribution in [3.05, 3.63) is 36.4 Å². The maximum absolute atomic E-state index is 5.15. The lowest BCUT2D eigenvalue weighted by atomic mass is 10.4. The first-order chi connectivity index (χ1) is 4.70. The van der Waals surface area contributed by atoms with Gasteiger partial charge in [-0.1, -0.05) is 6.58 Å². The number of hydrogen-bond acceptors (Lipinski definition) is 3. The number of methoxy groups -OCH3 is 1. The van der Waals surface area contributed by atoms with E-state index in [9.17, 15) is 0 Å². The van der Waals surface area contributed by atoms with Crippen molar-refractivity contribution in [1.29, 1.82) is 0 Å². The molecule has 56 valence electrons. The minimum atomic E-state index is 0.247. The maximum atomic E-state index is 5.15. The van der Waals surface area contributed by atoms with Crippen molar-refractivity contribution in [3.8, 4) is 0 Å². The highest BCUT2D eigenvalue weighted by atomic mass is 16.5. The summed E-state index contributed by atoms with van der Waals surface area (Å²) in [5.74, 6) is 0.879. The van der Waals surface area contributed by atoms with E-state index in [1.54, 1.807) is 25.3 Å². The van der Waals surface area contributed by atoms with Gasteiger partial charge in [-0.3, -0.25) is 0 Å². The lowest BCUT2D eigenvalue weighted by Crippen LogP contribution is -2.06. The van der Waals surface area contributed by atoms with Crippen molar-refractivity contribution in [2.24, 2.45) is 11.5 Å². The van der Waals surface area contributed by atoms with Gasteiger partial charge in [0.15, 0.2) is 0 Å². The molecule has 0 saturated carbocycles. The summed E-state index contributed by atoms with van der Waals surface area (Å²) in [6.07, 6.45) is 4.75. The van der Waals surface area contributed by atoms with E-state index in [1.807, 2.05) is 0 Å². The van der Waals surface area contributed by atoms with Crippen LogP contribution in [0.15, 0.2) is 36.4 Å². The minimum absolute atomic E-state index is 0.247. The molecule has 0 unspecified atom stereocenters. The summed E-state index contributed by atoms with van der Waals surface area (Å²) >= 11 is 0. The summed E-state index contributed by atoms with van der Waals surface area (Å²) in [6, 6.07) is 0. The molecule has 0 aliphatic heterocycles. The van der Waals surface area contributed by atoms with Gasteiger partial charge in [-0.2, -0.15) is 0 Å². The average molecular weight is 140 g/mol. The molecule has 0 aliphatic carbocycles. The number of rotatable bonds is 3. The molecule has 0 rings (SSSR count). The molecule has 0 atom stereocenters. The van der Waals surface area contributed by atoms with Crippen molar-refractivity contribution in [2.45, 2.75) is 0 Å². The van der Waals surface area contributed by atoms with Crippen molar-refractivity contribution in [1.82, 2.24) is 0 Å². The van der Waals surface area contributed by atoms with E-state index in [0.29, 0.717) is 5.76 Å². The van der Waals surface area contributed by atoms with E-state index < -0.39 is 0 Å². The predicted molar refractivity (Wildman–Crippen MR) is 41.7 cm³/mol. The monoisotopic (exact) mass is 140 g/mol. The Kier molecular flexibility index (Phi) is 3.87. The molecule has 0 aliphatic rings. The molecule has 0 aromatic heterocycles. The van der Waals surface area contributed by atoms with Gasteiger partial charge in [0.05, 0.1) is 12.9 Å². The first-order valence-electron chi connectivity index (χ1n) is 2.80. The minimum Gasteiger partial charge on any atom is -0.497 e. The number of nitrogens with two attached hydrogens (primary N) is 2. The second-order valence-electron chi connectivity index (χ2n) is 1.64. The van der Waals surface area contributed by atoms with Crippen LogP contribution in [0.4, 0.5) is 0 Å². The van der Waals surface area contributed by atoms with Crippen LogP contribution in [-0.2, 0) is 4.74 Å². The van der Waals surface area contributed by atoms with E-state index in [0.717, 1.165) is 0 Å². The van der Waals surface area contributed by atoms with Crippen molar-refractivity contribution >= 4 is 0 Å². The smallest absolute Gasteiger partial charge is 0.118 e. The Morgan fingerprint density at radius 2 is 2.00 bits per heavy atom. The summed E-state index contributed by atoms with van der Waals surface area (Å²) in [4.78, 5) is 0. The van der Waals surface area contributed by atoms with Crippen LogP contribution in [0, 0.1) is 0 Å². The Balaban J connectivity index is 4.12. The Hall–Kier alpha value is -1.38. The summed E-state index contributed by atoms with van der Waals surface area (Å²) in [5, 5.41) is 0. The molecule has 0 spiro atoms. The van der Waals surface area contributed by atoms with Gasteiger partial charge < -0.3 is 16.2 Å². The molecule has 0 radical (unpaired) electrons. The third-order valence-electron chi connectivity index (χ3n) is 0.877. The second-order valence-corrected chi connectivity index (χ2v) is 1.64. The fraction of sp³-hybridized carbons (Fsp3) is 0.143. The van der Waals surface area contributed by atoms with Crippen LogP contribution >= 0.6 is 0 Å². The standard InChI is InChI=1S/C7H12N2O/c1-3-6(10-2)4-5-7(8)9/h3-5H,1,8-9H2,2H3/b6-4+. The zero-order valence-electron chi connectivity index (χ0n) is 6.00. The summed E-state index contributed by atoms with van der Waals surface area (Å²) < 4.78 is 4.84. The van der Waals surface area contributed by atoms with E-state index in [1.165, 1.54) is 0 Å². The molecule has 0 saturated heterocycles. The highest BCUT2D eigenvalue weighted by Crippen LogP contribution is 1.95. The van der Waals surface area contributed by atoms with Crippen molar-refractivity contribution < 1.29 is 4.74 Å². The van der Waals surface area contributed by atoms with Crippen LogP contribution in [0.2, 0.25) is 0 Å². The topological polar surface area (TPSA) is 61.3 Å². The molecule has 10 heavy (non-hydrogen) atoms. The Morgan fingerprint density at radius 1 is 1.40 bits per heavy atom. The molecule has 0 aromatic carbocycles. The Labute approximate surface area is 60.7 Å². The predicted octanol–water partition coefficient (Wildman–Crippen LogP) is 0.462. The lowest BCUT2D eigenvalue weighted by Gasteiger charge is -1.95. The Morgan fingerprint density at radius 3 is 2.30 bits per heavy atom. The largest absolute Gasteiger partial charge is 0.497 e. The van der Waals surface area contributed by atoms with Crippen LogP contribution in [-0.4, -0.2) is 7.11 Å². The zero-order chi connectivity index (χ0) is 7.98. The van der Waals surface area contributed by atoms with E-state index in [2.05, 4.69) is 6.58 Å². The molecule has 0 fully saturated rings. The number of ether oxygens (including phenoxy) is 1. The first-order valence-corrected chi connectivity index (χ1v) is 2.80. The van der Waals surface area contributed by atoms with Gasteiger partial charge in [0.1, 0.15) is 5.76 Å². The maximum Gasteiger partial charge on any atom is 0.118 e. The van der Waals surface area contributed by atoms with Crippen molar-refractivity contribution in [3.63, 3.8) is 0 Å². The molecule has 0 aromatic rings. The fourth-order valence-electron chi connectivity index (χ4n) is 0.398. The quantitative estimate of drug-likeness (QED) is 0.442. The summed E-state index contributed by atoms with van der Waals surface area (Å²) in [6.45, 7) is 3.51. The molecule has 3 heteroatoms. The highest BCUT2D eigenvalue weighted by molar-refractivity contribution is 5.17. The van der Waals surface area contributed by atoms with E-state index in [4.69, 9.17) is 16.2 Å². The fourth-order valence-corrected chi connectivity index (χ4v) is 0.398. The van der Waals surface area contributed by atoms with Crippen LogP contribution in [0.1, 0.15) is 0 Å². The van der Waals surface area contributed by atoms with Crippen LogP contribution in [0.5, 0.6) is 0 Å². The lowest BCUT2D eigenvalue weighted by molar-refractivity contribution is 0.307. The van der Waals surface area contributed by atoms with Crippen LogP contribution < -0.4 is 11.5 Å². The van der Waals surface area contributed by atoms with Gasteiger partial charge in [0, 0.05) is 0 Å². The van der Waals surface area contributed by atoms with Gasteiger partial charge in [0.2, 0.25) is 0 Å². The van der Waals surface area contributed by atoms with Gasteiger partial charge in [0.25, 0.3) is 0 Å². The molecule has 0 bridgehead atoms. The average Bonchev–Trinajstić information content (AvgIpc) is 1.90. The number of hydrogen-bond donors (Lipinski definition) is 2. The SMILES string of the molecule is C=C/C(=C\C=C(N)N)OC. The molecule has 4 N–H and O–H groups in total.